The van der Waals surface area contributed by atoms with Crippen molar-refractivity contribution in [2.75, 3.05) is 24.7 Å². The number of nitrogens with zero attached hydrogens (tertiary/aromatic N) is 1. The minimum Gasteiger partial charge on any atom is -0.397 e. The van der Waals surface area contributed by atoms with Crippen LogP contribution in [0.1, 0.15) is 37.0 Å². The minimum absolute atomic E-state index is 0.0473. The van der Waals surface area contributed by atoms with Crippen LogP contribution in [-0.4, -0.2) is 25.5 Å². The summed E-state index contributed by atoms with van der Waals surface area (Å²) >= 11 is 0. The number of nitrogen functional groups attached to an aromatic ring is 1. The molecular formula is C15H23N3O. The van der Waals surface area contributed by atoms with Crippen LogP contribution in [0.3, 0.4) is 0 Å². The molecule has 1 fully saturated rings. The fourth-order valence-corrected chi connectivity index (χ4v) is 2.37. The van der Waals surface area contributed by atoms with Gasteiger partial charge in [-0.15, -0.1) is 0 Å². The first-order valence-electron chi connectivity index (χ1n) is 6.70. The number of nitrogens with two attached hydrogens (primary N) is 1. The van der Waals surface area contributed by atoms with Crippen molar-refractivity contribution in [1.82, 2.24) is 5.32 Å². The number of rotatable bonds is 4. The maximum atomic E-state index is 12.2. The zero-order valence-electron chi connectivity index (χ0n) is 12.2. The second kappa shape index (κ2) is 4.76. The summed E-state index contributed by atoms with van der Waals surface area (Å²) in [5.74, 6) is 0.559. The molecule has 0 atom stereocenters. The molecule has 1 aliphatic rings. The Labute approximate surface area is 115 Å². The number of hydrogen-bond acceptors (Lipinski definition) is 3. The molecule has 0 aromatic heterocycles. The Morgan fingerprint density at radius 2 is 2.00 bits per heavy atom. The number of nitrogens with one attached hydrogen (secondary N) is 1. The van der Waals surface area contributed by atoms with Crippen molar-refractivity contribution in [3.8, 4) is 0 Å². The highest BCUT2D eigenvalue weighted by atomic mass is 16.1. The summed E-state index contributed by atoms with van der Waals surface area (Å²) in [6, 6.07) is 5.45. The summed E-state index contributed by atoms with van der Waals surface area (Å²) in [7, 11) is 3.86. The van der Waals surface area contributed by atoms with E-state index in [9.17, 15) is 4.79 Å². The standard InChI is InChI=1S/C15H23N3O/c1-15(2,11-6-7-11)17-14(19)10-5-8-13(18(3)4)12(16)9-10/h5,8-9,11H,6-7,16H2,1-4H3,(H,17,19). The van der Waals surface area contributed by atoms with Crippen LogP contribution in [0.2, 0.25) is 0 Å². The van der Waals surface area contributed by atoms with E-state index in [0.29, 0.717) is 17.2 Å². The van der Waals surface area contributed by atoms with Gasteiger partial charge in [0.05, 0.1) is 11.4 Å². The molecule has 0 aliphatic heterocycles. The Bertz CT molecular complexity index is 490. The molecular weight excluding hydrogens is 238 g/mol. The lowest BCUT2D eigenvalue weighted by Crippen LogP contribution is -2.45. The highest BCUT2D eigenvalue weighted by Gasteiger charge is 2.38. The van der Waals surface area contributed by atoms with Crippen LogP contribution in [0.5, 0.6) is 0 Å². The molecule has 2 rings (SSSR count). The van der Waals surface area contributed by atoms with Crippen molar-refractivity contribution in [1.29, 1.82) is 0 Å². The smallest absolute Gasteiger partial charge is 0.251 e. The average Bonchev–Trinajstić information content (AvgIpc) is 3.11. The minimum atomic E-state index is -0.133. The molecule has 4 heteroatoms. The van der Waals surface area contributed by atoms with Crippen molar-refractivity contribution in [3.63, 3.8) is 0 Å². The van der Waals surface area contributed by atoms with Gasteiger partial charge in [0.1, 0.15) is 0 Å². The van der Waals surface area contributed by atoms with Crippen LogP contribution in [0, 0.1) is 5.92 Å². The fourth-order valence-electron chi connectivity index (χ4n) is 2.37. The molecule has 0 saturated heterocycles. The van der Waals surface area contributed by atoms with Gasteiger partial charge in [-0.2, -0.15) is 0 Å². The molecule has 0 bridgehead atoms. The van der Waals surface area contributed by atoms with Crippen LogP contribution in [-0.2, 0) is 0 Å². The summed E-state index contributed by atoms with van der Waals surface area (Å²) in [5, 5.41) is 3.10. The Balaban J connectivity index is 2.13. The first-order chi connectivity index (χ1) is 8.81. The number of anilines is 2. The maximum absolute atomic E-state index is 12.2. The number of carbonyl (C=O) groups excluding carboxylic acids is 1. The van der Waals surface area contributed by atoms with Crippen molar-refractivity contribution in [2.24, 2.45) is 5.92 Å². The number of carbonyl (C=O) groups is 1. The molecule has 1 amide bonds. The fraction of sp³-hybridized carbons (Fsp3) is 0.533. The second-order valence-corrected chi connectivity index (χ2v) is 6.12. The molecule has 104 valence electrons. The molecule has 1 aromatic rings. The van der Waals surface area contributed by atoms with E-state index < -0.39 is 0 Å². The summed E-state index contributed by atoms with van der Waals surface area (Å²) in [6.45, 7) is 4.17. The lowest BCUT2D eigenvalue weighted by molar-refractivity contribution is 0.0903. The van der Waals surface area contributed by atoms with Gasteiger partial charge in [-0.05, 0) is 50.8 Å². The molecule has 0 unspecified atom stereocenters. The van der Waals surface area contributed by atoms with Crippen molar-refractivity contribution < 1.29 is 4.79 Å². The van der Waals surface area contributed by atoms with E-state index in [1.54, 1.807) is 6.07 Å². The zero-order chi connectivity index (χ0) is 14.2. The van der Waals surface area contributed by atoms with Crippen LogP contribution in [0.15, 0.2) is 18.2 Å². The third-order valence-electron chi connectivity index (χ3n) is 3.81. The molecule has 1 aromatic carbocycles. The first kappa shape index (κ1) is 13.7. The molecule has 19 heavy (non-hydrogen) atoms. The van der Waals surface area contributed by atoms with Crippen molar-refractivity contribution in [2.45, 2.75) is 32.2 Å². The second-order valence-electron chi connectivity index (χ2n) is 6.12. The van der Waals surface area contributed by atoms with E-state index in [0.717, 1.165) is 5.69 Å². The summed E-state index contributed by atoms with van der Waals surface area (Å²) in [4.78, 5) is 14.2. The summed E-state index contributed by atoms with van der Waals surface area (Å²) in [5.41, 5.74) is 8.02. The van der Waals surface area contributed by atoms with E-state index in [4.69, 9.17) is 5.73 Å². The Morgan fingerprint density at radius 1 is 1.37 bits per heavy atom. The van der Waals surface area contributed by atoms with Gasteiger partial charge in [-0.1, -0.05) is 0 Å². The van der Waals surface area contributed by atoms with Crippen LogP contribution < -0.4 is 16.0 Å². The van der Waals surface area contributed by atoms with Gasteiger partial charge in [0, 0.05) is 25.2 Å². The first-order valence-corrected chi connectivity index (χ1v) is 6.70. The number of amides is 1. The van der Waals surface area contributed by atoms with E-state index >= 15 is 0 Å². The predicted octanol–water partition coefficient (Wildman–Crippen LogP) is 2.25. The van der Waals surface area contributed by atoms with Gasteiger partial charge in [0.2, 0.25) is 0 Å². The molecule has 1 saturated carbocycles. The highest BCUT2D eigenvalue weighted by Crippen LogP contribution is 2.39. The van der Waals surface area contributed by atoms with E-state index in [1.165, 1.54) is 12.8 Å². The molecule has 4 nitrogen and oxygen atoms in total. The van der Waals surface area contributed by atoms with Gasteiger partial charge in [-0.3, -0.25) is 4.79 Å². The van der Waals surface area contributed by atoms with E-state index in [1.807, 2.05) is 31.1 Å². The van der Waals surface area contributed by atoms with Gasteiger partial charge in [0.25, 0.3) is 5.91 Å². The Kier molecular flexibility index (Phi) is 3.43. The number of hydrogen-bond donors (Lipinski definition) is 2. The maximum Gasteiger partial charge on any atom is 0.251 e. The topological polar surface area (TPSA) is 58.4 Å². The highest BCUT2D eigenvalue weighted by molar-refractivity contribution is 5.96. The Morgan fingerprint density at radius 3 is 2.47 bits per heavy atom. The molecule has 0 spiro atoms. The molecule has 1 aliphatic carbocycles. The molecule has 3 N–H and O–H groups in total. The molecule has 0 heterocycles. The number of benzene rings is 1. The van der Waals surface area contributed by atoms with Gasteiger partial charge in [0.15, 0.2) is 0 Å². The normalized spacial score (nSPS) is 15.2. The largest absolute Gasteiger partial charge is 0.397 e. The SMILES string of the molecule is CN(C)c1ccc(C(=O)NC(C)(C)C2CC2)cc1N. The summed E-state index contributed by atoms with van der Waals surface area (Å²) in [6.07, 6.45) is 2.41. The quantitative estimate of drug-likeness (QED) is 0.817. The zero-order valence-corrected chi connectivity index (χ0v) is 12.2. The lowest BCUT2D eigenvalue weighted by Gasteiger charge is -2.26. The van der Waals surface area contributed by atoms with E-state index in [2.05, 4.69) is 19.2 Å². The summed E-state index contributed by atoms with van der Waals surface area (Å²) < 4.78 is 0. The Hall–Kier alpha value is -1.71. The third-order valence-corrected chi connectivity index (χ3v) is 3.81. The van der Waals surface area contributed by atoms with E-state index in [-0.39, 0.29) is 11.4 Å². The van der Waals surface area contributed by atoms with Gasteiger partial charge in [-0.25, -0.2) is 0 Å². The average molecular weight is 261 g/mol. The van der Waals surface area contributed by atoms with Gasteiger partial charge >= 0.3 is 0 Å². The van der Waals surface area contributed by atoms with Crippen molar-refractivity contribution in [3.05, 3.63) is 23.8 Å². The van der Waals surface area contributed by atoms with Crippen LogP contribution >= 0.6 is 0 Å². The third kappa shape index (κ3) is 3.00. The molecule has 0 radical (unpaired) electrons. The van der Waals surface area contributed by atoms with Gasteiger partial charge < -0.3 is 16.0 Å². The monoisotopic (exact) mass is 261 g/mol. The van der Waals surface area contributed by atoms with Crippen molar-refractivity contribution >= 4 is 17.3 Å². The van der Waals surface area contributed by atoms with Crippen LogP contribution in [0.4, 0.5) is 11.4 Å². The predicted molar refractivity (Wildman–Crippen MR) is 79.5 cm³/mol. The lowest BCUT2D eigenvalue weighted by atomic mass is 9.98. The van der Waals surface area contributed by atoms with Crippen LogP contribution in [0.25, 0.3) is 0 Å².